The lowest BCUT2D eigenvalue weighted by atomic mass is 10.1. The highest BCUT2D eigenvalue weighted by molar-refractivity contribution is 5.54. The van der Waals surface area contributed by atoms with Crippen LogP contribution in [-0.2, 0) is 6.42 Å². The average Bonchev–Trinajstić information content (AvgIpc) is 2.47. The van der Waals surface area contributed by atoms with Crippen molar-refractivity contribution in [2.75, 3.05) is 13.6 Å². The van der Waals surface area contributed by atoms with E-state index in [2.05, 4.69) is 45.2 Å². The maximum absolute atomic E-state index is 2.34. The Morgan fingerprint density at radius 2 is 1.92 bits per heavy atom. The molecule has 0 N–H and O–H groups in total. The molecule has 70 valence electrons. The van der Waals surface area contributed by atoms with Crippen molar-refractivity contribution in [1.82, 2.24) is 4.48 Å². The highest BCUT2D eigenvalue weighted by Crippen LogP contribution is 2.34. The molecule has 1 aromatic rings. The molecule has 2 rings (SSSR count). The van der Waals surface area contributed by atoms with Gasteiger partial charge in [-0.05, 0) is 19.9 Å². The number of rotatable bonds is 1. The van der Waals surface area contributed by atoms with Gasteiger partial charge in [0.15, 0.2) is 0 Å². The number of likely N-dealkylation sites (N-methyl/N-ethyl adjacent to an activating group) is 1. The van der Waals surface area contributed by atoms with Crippen molar-refractivity contribution in [3.05, 3.63) is 29.8 Å². The summed E-state index contributed by atoms with van der Waals surface area (Å²) in [5.41, 5.74) is 3.07. The molecule has 0 bridgehead atoms. The summed E-state index contributed by atoms with van der Waals surface area (Å²) in [7, 11) is 2.34. The minimum Gasteiger partial charge on any atom is -0.291 e. The minimum absolute atomic E-state index is 0.684. The van der Waals surface area contributed by atoms with Gasteiger partial charge >= 0.3 is 0 Å². The van der Waals surface area contributed by atoms with Gasteiger partial charge in [-0.2, -0.15) is 0 Å². The number of hydrogen-bond acceptors (Lipinski definition) is 0. The first-order valence-electron chi connectivity index (χ1n) is 5.08. The van der Waals surface area contributed by atoms with Crippen molar-refractivity contribution in [3.8, 4) is 0 Å². The Morgan fingerprint density at radius 1 is 1.23 bits per heavy atom. The van der Waals surface area contributed by atoms with Crippen molar-refractivity contribution in [2.24, 2.45) is 0 Å². The quantitative estimate of drug-likeness (QED) is 0.577. The van der Waals surface area contributed by atoms with E-state index in [0.29, 0.717) is 6.04 Å². The van der Waals surface area contributed by atoms with Crippen LogP contribution in [0.3, 0.4) is 0 Å². The molecule has 13 heavy (non-hydrogen) atoms. The Morgan fingerprint density at radius 3 is 2.62 bits per heavy atom. The zero-order valence-electron chi connectivity index (χ0n) is 8.75. The highest BCUT2D eigenvalue weighted by Gasteiger charge is 2.35. The van der Waals surface area contributed by atoms with Crippen LogP contribution >= 0.6 is 0 Å². The fraction of sp³-hybridized carbons (Fsp3) is 0.500. The molecule has 1 heterocycles. The van der Waals surface area contributed by atoms with E-state index in [-0.39, 0.29) is 0 Å². The van der Waals surface area contributed by atoms with Crippen LogP contribution in [-0.4, -0.2) is 19.6 Å². The molecule has 1 aliphatic heterocycles. The zero-order chi connectivity index (χ0) is 9.47. The van der Waals surface area contributed by atoms with Crippen molar-refractivity contribution in [2.45, 2.75) is 26.3 Å². The number of quaternary nitrogens is 1. The van der Waals surface area contributed by atoms with Crippen molar-refractivity contribution >= 4 is 5.69 Å². The molecular weight excluding hydrogens is 158 g/mol. The van der Waals surface area contributed by atoms with Gasteiger partial charge in [-0.25, -0.2) is 0 Å². The molecule has 1 atom stereocenters. The van der Waals surface area contributed by atoms with E-state index < -0.39 is 0 Å². The van der Waals surface area contributed by atoms with E-state index in [4.69, 9.17) is 0 Å². The number of hydrogen-bond donors (Lipinski definition) is 0. The molecule has 0 spiro atoms. The summed E-state index contributed by atoms with van der Waals surface area (Å²) >= 11 is 0. The lowest BCUT2D eigenvalue weighted by Crippen LogP contribution is -2.49. The molecule has 0 aromatic heterocycles. The molecule has 1 nitrogen and oxygen atoms in total. The van der Waals surface area contributed by atoms with Gasteiger partial charge < -0.3 is 0 Å². The van der Waals surface area contributed by atoms with Crippen LogP contribution in [0.15, 0.2) is 24.3 Å². The van der Waals surface area contributed by atoms with Crippen molar-refractivity contribution in [1.29, 1.82) is 0 Å². The van der Waals surface area contributed by atoms with Crippen LogP contribution in [0.25, 0.3) is 0 Å². The monoisotopic (exact) mass is 176 g/mol. The fourth-order valence-electron chi connectivity index (χ4n) is 2.23. The van der Waals surface area contributed by atoms with Crippen LogP contribution in [0.5, 0.6) is 0 Å². The first kappa shape index (κ1) is 8.76. The van der Waals surface area contributed by atoms with Crippen LogP contribution in [0.2, 0.25) is 0 Å². The Balaban J connectivity index is 2.49. The lowest BCUT2D eigenvalue weighted by molar-refractivity contribution is 0.294. The number of fused-ring (bicyclic) bond motifs is 1. The van der Waals surface area contributed by atoms with Gasteiger partial charge in [0.05, 0.1) is 19.6 Å². The Labute approximate surface area is 80.6 Å². The summed E-state index contributed by atoms with van der Waals surface area (Å²) in [4.78, 5) is 0. The standard InChI is InChI=1S/C12H18N/c1-10(2)13(3)9-8-11-6-4-5-7-12(11)13/h4-7,10H,8-9H2,1-3H3/q+1. The van der Waals surface area contributed by atoms with Crippen molar-refractivity contribution < 1.29 is 0 Å². The number of nitrogens with zero attached hydrogens (tertiary/aromatic N) is 1. The summed E-state index contributed by atoms with van der Waals surface area (Å²) in [6, 6.07) is 9.53. The first-order chi connectivity index (χ1) is 6.14. The third-order valence-electron chi connectivity index (χ3n) is 3.53. The van der Waals surface area contributed by atoms with Crippen LogP contribution < -0.4 is 4.48 Å². The predicted molar refractivity (Wildman–Crippen MR) is 57.9 cm³/mol. The third-order valence-corrected chi connectivity index (χ3v) is 3.53. The SMILES string of the molecule is CC(C)[N+]1(C)CCc2ccccc21. The summed E-state index contributed by atoms with van der Waals surface area (Å²) in [6.45, 7) is 5.88. The molecule has 1 heteroatoms. The second kappa shape index (κ2) is 2.85. The van der Waals surface area contributed by atoms with Gasteiger partial charge in [-0.3, -0.25) is 4.48 Å². The molecular formula is C12H18N+. The topological polar surface area (TPSA) is 0 Å². The molecule has 0 amide bonds. The van der Waals surface area contributed by atoms with E-state index in [9.17, 15) is 0 Å². The molecule has 0 aliphatic carbocycles. The molecule has 0 fully saturated rings. The van der Waals surface area contributed by atoms with E-state index >= 15 is 0 Å². The van der Waals surface area contributed by atoms with E-state index in [1.54, 1.807) is 5.56 Å². The zero-order valence-corrected chi connectivity index (χ0v) is 8.75. The molecule has 1 aliphatic rings. The molecule has 0 radical (unpaired) electrons. The van der Waals surface area contributed by atoms with Crippen LogP contribution in [0.1, 0.15) is 19.4 Å². The number of benzene rings is 1. The third kappa shape index (κ3) is 1.19. The Bertz CT molecular complexity index is 317. The van der Waals surface area contributed by atoms with Gasteiger partial charge in [-0.1, -0.05) is 18.2 Å². The predicted octanol–water partition coefficient (Wildman–Crippen LogP) is 2.59. The second-order valence-electron chi connectivity index (χ2n) is 4.46. The fourth-order valence-corrected chi connectivity index (χ4v) is 2.23. The molecule has 1 aromatic carbocycles. The van der Waals surface area contributed by atoms with Gasteiger partial charge in [-0.15, -0.1) is 0 Å². The van der Waals surface area contributed by atoms with E-state index in [0.717, 1.165) is 4.48 Å². The van der Waals surface area contributed by atoms with Crippen LogP contribution in [0.4, 0.5) is 5.69 Å². The molecule has 0 saturated heterocycles. The summed E-state index contributed by atoms with van der Waals surface area (Å²) in [6.07, 6.45) is 1.24. The normalized spacial score (nSPS) is 26.5. The first-order valence-corrected chi connectivity index (χ1v) is 5.08. The average molecular weight is 176 g/mol. The Hall–Kier alpha value is -0.820. The second-order valence-corrected chi connectivity index (χ2v) is 4.46. The molecule has 1 unspecified atom stereocenters. The maximum Gasteiger partial charge on any atom is 0.136 e. The minimum atomic E-state index is 0.684. The van der Waals surface area contributed by atoms with Crippen molar-refractivity contribution in [3.63, 3.8) is 0 Å². The summed E-state index contributed by atoms with van der Waals surface area (Å²) in [5, 5.41) is 0. The summed E-state index contributed by atoms with van der Waals surface area (Å²) < 4.78 is 1.11. The highest BCUT2D eigenvalue weighted by atomic mass is 15.4. The van der Waals surface area contributed by atoms with E-state index in [1.165, 1.54) is 18.7 Å². The van der Waals surface area contributed by atoms with Gasteiger partial charge in [0.25, 0.3) is 0 Å². The van der Waals surface area contributed by atoms with Gasteiger partial charge in [0.1, 0.15) is 5.69 Å². The largest absolute Gasteiger partial charge is 0.291 e. The lowest BCUT2D eigenvalue weighted by Gasteiger charge is -2.34. The smallest absolute Gasteiger partial charge is 0.136 e. The van der Waals surface area contributed by atoms with Gasteiger partial charge in [0, 0.05) is 12.0 Å². The van der Waals surface area contributed by atoms with E-state index in [1.807, 2.05) is 0 Å². The summed E-state index contributed by atoms with van der Waals surface area (Å²) in [5.74, 6) is 0. The number of para-hydroxylation sites is 1. The van der Waals surface area contributed by atoms with Crippen LogP contribution in [0, 0.1) is 0 Å². The van der Waals surface area contributed by atoms with Gasteiger partial charge in [0.2, 0.25) is 0 Å². The maximum atomic E-state index is 2.34. The Kier molecular flexibility index (Phi) is 1.92. The molecule has 0 saturated carbocycles.